The van der Waals surface area contributed by atoms with E-state index in [1.807, 2.05) is 6.92 Å². The number of halogens is 2. The van der Waals surface area contributed by atoms with Crippen molar-refractivity contribution in [2.24, 2.45) is 0 Å². The fraction of sp³-hybridized carbons (Fsp3) is 0.625. The summed E-state index contributed by atoms with van der Waals surface area (Å²) in [5.74, 6) is -0.235. The highest BCUT2D eigenvalue weighted by Gasteiger charge is 2.15. The molecule has 1 saturated heterocycles. The lowest BCUT2D eigenvalue weighted by molar-refractivity contribution is 0.152. The van der Waals surface area contributed by atoms with Crippen LogP contribution in [0.3, 0.4) is 0 Å². The van der Waals surface area contributed by atoms with Gasteiger partial charge in [-0.25, -0.2) is 4.39 Å². The number of benzene rings is 1. The van der Waals surface area contributed by atoms with Crippen molar-refractivity contribution in [2.75, 3.05) is 46.3 Å². The average Bonchev–Trinajstić information content (AvgIpc) is 2.45. The Labute approximate surface area is 132 Å². The second kappa shape index (κ2) is 8.08. The first-order valence-electron chi connectivity index (χ1n) is 7.66. The minimum atomic E-state index is -0.235. The van der Waals surface area contributed by atoms with Crippen LogP contribution in [0, 0.1) is 5.82 Å². The van der Waals surface area contributed by atoms with Crippen molar-refractivity contribution < 1.29 is 4.39 Å². The van der Waals surface area contributed by atoms with Gasteiger partial charge in [0, 0.05) is 42.8 Å². The summed E-state index contributed by atoms with van der Waals surface area (Å²) in [5, 5.41) is 3.86. The number of likely N-dealkylation sites (N-methyl/N-ethyl adjacent to an activating group) is 1. The van der Waals surface area contributed by atoms with Gasteiger partial charge in [0.05, 0.1) is 0 Å². The van der Waals surface area contributed by atoms with Crippen molar-refractivity contribution in [1.82, 2.24) is 15.1 Å². The molecule has 0 saturated carbocycles. The largest absolute Gasteiger partial charge is 0.310 e. The van der Waals surface area contributed by atoms with E-state index in [0.717, 1.165) is 45.7 Å². The summed E-state index contributed by atoms with van der Waals surface area (Å²) < 4.78 is 13.8. The van der Waals surface area contributed by atoms with Crippen molar-refractivity contribution in [3.63, 3.8) is 0 Å². The number of nitrogens with one attached hydrogen (secondary N) is 1. The average molecular weight is 314 g/mol. The summed E-state index contributed by atoms with van der Waals surface area (Å²) >= 11 is 6.08. The first-order chi connectivity index (χ1) is 10.1. The summed E-state index contributed by atoms with van der Waals surface area (Å²) in [7, 11) is 2.17. The normalized spacial score (nSPS) is 18.9. The molecule has 1 aliphatic heterocycles. The van der Waals surface area contributed by atoms with E-state index in [0.29, 0.717) is 10.6 Å². The minimum Gasteiger partial charge on any atom is -0.310 e. The van der Waals surface area contributed by atoms with Gasteiger partial charge < -0.3 is 15.1 Å². The SMILES string of the molecule is C[C@@H](NCCCN1CCN(C)CC1)c1c(F)cccc1Cl. The summed E-state index contributed by atoms with van der Waals surface area (Å²) in [6.07, 6.45) is 1.07. The van der Waals surface area contributed by atoms with Gasteiger partial charge in [0.2, 0.25) is 0 Å². The van der Waals surface area contributed by atoms with Crippen LogP contribution in [0.4, 0.5) is 4.39 Å². The Morgan fingerprint density at radius 2 is 2.00 bits per heavy atom. The third-order valence-corrected chi connectivity index (χ3v) is 4.46. The van der Waals surface area contributed by atoms with Crippen LogP contribution in [0.5, 0.6) is 0 Å². The van der Waals surface area contributed by atoms with E-state index in [1.54, 1.807) is 12.1 Å². The highest BCUT2D eigenvalue weighted by atomic mass is 35.5. The Hall–Kier alpha value is -0.680. The molecule has 1 fully saturated rings. The van der Waals surface area contributed by atoms with Crippen LogP contribution in [0.25, 0.3) is 0 Å². The smallest absolute Gasteiger partial charge is 0.129 e. The molecule has 0 aromatic heterocycles. The van der Waals surface area contributed by atoms with Gasteiger partial charge in [0.25, 0.3) is 0 Å². The fourth-order valence-electron chi connectivity index (χ4n) is 2.72. The van der Waals surface area contributed by atoms with Gasteiger partial charge in [0.1, 0.15) is 5.82 Å². The molecule has 118 valence electrons. The Morgan fingerprint density at radius 3 is 2.67 bits per heavy atom. The maximum absolute atomic E-state index is 13.8. The van der Waals surface area contributed by atoms with Gasteiger partial charge in [-0.05, 0) is 45.6 Å². The molecule has 1 atom stereocenters. The Kier molecular flexibility index (Phi) is 6.42. The van der Waals surface area contributed by atoms with Crippen molar-refractivity contribution in [2.45, 2.75) is 19.4 Å². The van der Waals surface area contributed by atoms with Crippen molar-refractivity contribution in [3.8, 4) is 0 Å². The molecule has 3 nitrogen and oxygen atoms in total. The van der Waals surface area contributed by atoms with E-state index in [4.69, 9.17) is 11.6 Å². The summed E-state index contributed by atoms with van der Waals surface area (Å²) in [5.41, 5.74) is 0.568. The topological polar surface area (TPSA) is 18.5 Å². The van der Waals surface area contributed by atoms with Crippen LogP contribution in [-0.2, 0) is 0 Å². The quantitative estimate of drug-likeness (QED) is 0.815. The third-order valence-electron chi connectivity index (χ3n) is 4.13. The third kappa shape index (κ3) is 4.92. The van der Waals surface area contributed by atoms with Crippen molar-refractivity contribution in [3.05, 3.63) is 34.6 Å². The molecule has 1 heterocycles. The molecule has 0 unspecified atom stereocenters. The zero-order valence-corrected chi connectivity index (χ0v) is 13.7. The molecule has 0 aliphatic carbocycles. The van der Waals surface area contributed by atoms with E-state index in [2.05, 4.69) is 22.2 Å². The number of piperazine rings is 1. The molecule has 1 N–H and O–H groups in total. The lowest BCUT2D eigenvalue weighted by Gasteiger charge is -2.32. The van der Waals surface area contributed by atoms with E-state index in [1.165, 1.54) is 6.07 Å². The Balaban J connectivity index is 1.71. The van der Waals surface area contributed by atoms with Crippen molar-refractivity contribution >= 4 is 11.6 Å². The summed E-state index contributed by atoms with van der Waals surface area (Å²) in [4.78, 5) is 4.85. The van der Waals surface area contributed by atoms with Crippen LogP contribution < -0.4 is 5.32 Å². The summed E-state index contributed by atoms with van der Waals surface area (Å²) in [6.45, 7) is 8.51. The van der Waals surface area contributed by atoms with Gasteiger partial charge in [-0.15, -0.1) is 0 Å². The molecule has 0 spiro atoms. The second-order valence-electron chi connectivity index (χ2n) is 5.81. The lowest BCUT2D eigenvalue weighted by Crippen LogP contribution is -2.45. The van der Waals surface area contributed by atoms with E-state index < -0.39 is 0 Å². The number of rotatable bonds is 6. The monoisotopic (exact) mass is 313 g/mol. The molecular formula is C16H25ClFN3. The highest BCUT2D eigenvalue weighted by Crippen LogP contribution is 2.25. The fourth-order valence-corrected chi connectivity index (χ4v) is 3.05. The maximum Gasteiger partial charge on any atom is 0.129 e. The first-order valence-corrected chi connectivity index (χ1v) is 8.04. The molecule has 5 heteroatoms. The number of nitrogens with zero attached hydrogens (tertiary/aromatic N) is 2. The predicted molar refractivity (Wildman–Crippen MR) is 86.4 cm³/mol. The van der Waals surface area contributed by atoms with Gasteiger partial charge in [0.15, 0.2) is 0 Å². The van der Waals surface area contributed by atoms with Gasteiger partial charge in [-0.1, -0.05) is 17.7 Å². The number of hydrogen-bond donors (Lipinski definition) is 1. The zero-order valence-electron chi connectivity index (χ0n) is 12.9. The lowest BCUT2D eigenvalue weighted by atomic mass is 10.1. The first kappa shape index (κ1) is 16.7. The van der Waals surface area contributed by atoms with Crippen LogP contribution in [0.15, 0.2) is 18.2 Å². The van der Waals surface area contributed by atoms with Gasteiger partial charge in [-0.2, -0.15) is 0 Å². The van der Waals surface area contributed by atoms with Crippen LogP contribution in [0.1, 0.15) is 24.9 Å². The Bertz CT molecular complexity index is 427. The maximum atomic E-state index is 13.8. The highest BCUT2D eigenvalue weighted by molar-refractivity contribution is 6.31. The zero-order chi connectivity index (χ0) is 15.2. The molecule has 1 aliphatic rings. The molecule has 0 bridgehead atoms. The van der Waals surface area contributed by atoms with Crippen LogP contribution in [0.2, 0.25) is 5.02 Å². The molecule has 1 aromatic carbocycles. The molecule has 1 aromatic rings. The van der Waals surface area contributed by atoms with E-state index >= 15 is 0 Å². The van der Waals surface area contributed by atoms with Crippen molar-refractivity contribution in [1.29, 1.82) is 0 Å². The number of hydrogen-bond acceptors (Lipinski definition) is 3. The predicted octanol–water partition coefficient (Wildman–Crippen LogP) is 2.77. The second-order valence-corrected chi connectivity index (χ2v) is 6.22. The van der Waals surface area contributed by atoms with Gasteiger partial charge in [-0.3, -0.25) is 0 Å². The standard InChI is InChI=1S/C16H25ClFN3/c1-13(16-14(17)5-3-6-15(16)18)19-7-4-8-21-11-9-20(2)10-12-21/h3,5-6,13,19H,4,7-12H2,1-2H3/t13-/m1/s1. The molecule has 0 amide bonds. The van der Waals surface area contributed by atoms with Gasteiger partial charge >= 0.3 is 0 Å². The summed E-state index contributed by atoms with van der Waals surface area (Å²) in [6, 6.07) is 4.78. The Morgan fingerprint density at radius 1 is 1.29 bits per heavy atom. The van der Waals surface area contributed by atoms with E-state index in [9.17, 15) is 4.39 Å². The molecule has 21 heavy (non-hydrogen) atoms. The van der Waals surface area contributed by atoms with Crippen LogP contribution in [-0.4, -0.2) is 56.1 Å². The minimum absolute atomic E-state index is 0.0637. The molecule has 0 radical (unpaired) electrons. The van der Waals surface area contributed by atoms with E-state index in [-0.39, 0.29) is 11.9 Å². The molecule has 2 rings (SSSR count). The van der Waals surface area contributed by atoms with Crippen LogP contribution >= 0.6 is 11.6 Å². The molecular weight excluding hydrogens is 289 g/mol.